The van der Waals surface area contributed by atoms with E-state index in [9.17, 15) is 14.0 Å². The van der Waals surface area contributed by atoms with Crippen LogP contribution in [0.5, 0.6) is 11.5 Å². The highest BCUT2D eigenvalue weighted by molar-refractivity contribution is 6.32. The predicted octanol–water partition coefficient (Wildman–Crippen LogP) is 5.60. The van der Waals surface area contributed by atoms with Crippen molar-refractivity contribution in [2.45, 2.75) is 19.4 Å². The second kappa shape index (κ2) is 10.6. The van der Waals surface area contributed by atoms with E-state index in [1.807, 2.05) is 11.9 Å². The van der Waals surface area contributed by atoms with Crippen molar-refractivity contribution in [2.24, 2.45) is 0 Å². The Morgan fingerprint density at radius 2 is 1.94 bits per heavy atom. The maximum absolute atomic E-state index is 13.6. The van der Waals surface area contributed by atoms with Gasteiger partial charge in [-0.2, -0.15) is 0 Å². The third-order valence-corrected chi connectivity index (χ3v) is 6.36. The van der Waals surface area contributed by atoms with Crippen LogP contribution in [0.2, 0.25) is 10.0 Å². The zero-order valence-corrected chi connectivity index (χ0v) is 21.0. The van der Waals surface area contributed by atoms with Crippen molar-refractivity contribution >= 4 is 46.5 Å². The molecule has 0 saturated carbocycles. The normalized spacial score (nSPS) is 14.6. The van der Waals surface area contributed by atoms with Crippen molar-refractivity contribution in [3.8, 4) is 11.5 Å². The Bertz CT molecular complexity index is 1330. The third-order valence-electron chi connectivity index (χ3n) is 5.70. The van der Waals surface area contributed by atoms with Crippen LogP contribution in [0.4, 0.5) is 15.8 Å². The summed E-state index contributed by atoms with van der Waals surface area (Å²) in [6.07, 6.45) is -0.617. The molecular formula is C26H23Cl2FN2O5. The number of rotatable bonds is 7. The monoisotopic (exact) mass is 532 g/mol. The number of aryl methyl sites for hydroxylation is 1. The number of halogens is 3. The highest BCUT2D eigenvalue weighted by Crippen LogP contribution is 2.34. The van der Waals surface area contributed by atoms with Crippen LogP contribution < -0.4 is 19.7 Å². The molecule has 0 saturated heterocycles. The maximum atomic E-state index is 13.6. The fraction of sp³-hybridized carbons (Fsp3) is 0.231. The first kappa shape index (κ1) is 25.6. The molecule has 0 radical (unpaired) electrons. The summed E-state index contributed by atoms with van der Waals surface area (Å²) < 4.78 is 25.4. The Kier molecular flexibility index (Phi) is 7.56. The standard InChI is InChI=1S/C26H23Cl2FN2O5/c1-14-7-23(35-13-18-12-31(2)22-6-3-16(29)10-24(22)36-18)21(28)11-19(14)26(34)30-17-4-5-20(27)15(8-17)9-25(32)33/h3-8,10-11,18H,9,12-13H2,1-2H3,(H,30,34)(H,32,33)/t18-/m0/s1. The molecule has 3 aromatic rings. The minimum absolute atomic E-state index is 0.169. The summed E-state index contributed by atoms with van der Waals surface area (Å²) in [7, 11) is 1.89. The maximum Gasteiger partial charge on any atom is 0.307 e. The molecule has 10 heteroatoms. The largest absolute Gasteiger partial charge is 0.488 e. The molecule has 0 aromatic heterocycles. The van der Waals surface area contributed by atoms with Crippen LogP contribution in [-0.4, -0.2) is 43.3 Å². The first-order valence-electron chi connectivity index (χ1n) is 11.0. The molecule has 3 aromatic carbocycles. The Labute approximate surface area is 217 Å². The van der Waals surface area contributed by atoms with Gasteiger partial charge in [0.2, 0.25) is 0 Å². The third kappa shape index (κ3) is 5.83. The number of carboxylic acids is 1. The topological polar surface area (TPSA) is 88.1 Å². The lowest BCUT2D eigenvalue weighted by molar-refractivity contribution is -0.136. The van der Waals surface area contributed by atoms with Crippen LogP contribution >= 0.6 is 23.2 Å². The van der Waals surface area contributed by atoms with E-state index in [0.717, 1.165) is 5.69 Å². The summed E-state index contributed by atoms with van der Waals surface area (Å²) in [5.74, 6) is -0.994. The molecular weight excluding hydrogens is 510 g/mol. The molecule has 188 valence electrons. The summed E-state index contributed by atoms with van der Waals surface area (Å²) in [6.45, 7) is 2.46. The molecule has 1 aliphatic heterocycles. The average Bonchev–Trinajstić information content (AvgIpc) is 2.80. The molecule has 1 amide bonds. The minimum Gasteiger partial charge on any atom is -0.488 e. The summed E-state index contributed by atoms with van der Waals surface area (Å²) in [4.78, 5) is 25.9. The number of anilines is 2. The summed E-state index contributed by atoms with van der Waals surface area (Å²) >= 11 is 12.5. The number of ether oxygens (including phenoxy) is 2. The number of carbonyl (C=O) groups excluding carboxylic acids is 1. The quantitative estimate of drug-likeness (QED) is 0.412. The lowest BCUT2D eigenvalue weighted by atomic mass is 10.1. The van der Waals surface area contributed by atoms with Crippen molar-refractivity contribution in [3.63, 3.8) is 0 Å². The van der Waals surface area contributed by atoms with Crippen molar-refractivity contribution in [3.05, 3.63) is 81.1 Å². The number of carboxylic acid groups (broad SMARTS) is 1. The lowest BCUT2D eigenvalue weighted by Gasteiger charge is -2.33. The fourth-order valence-corrected chi connectivity index (χ4v) is 4.35. The van der Waals surface area contributed by atoms with Crippen molar-refractivity contribution in [1.82, 2.24) is 0 Å². The molecule has 1 aliphatic rings. The van der Waals surface area contributed by atoms with Gasteiger partial charge in [0.05, 0.1) is 23.7 Å². The van der Waals surface area contributed by atoms with E-state index in [1.165, 1.54) is 30.3 Å². The lowest BCUT2D eigenvalue weighted by Crippen LogP contribution is -2.41. The number of amides is 1. The van der Waals surface area contributed by atoms with Gasteiger partial charge in [-0.25, -0.2) is 4.39 Å². The number of nitrogens with zero attached hydrogens (tertiary/aromatic N) is 1. The number of hydrogen-bond acceptors (Lipinski definition) is 5. The van der Waals surface area contributed by atoms with Crippen molar-refractivity contribution in [1.29, 1.82) is 0 Å². The van der Waals surface area contributed by atoms with Gasteiger partial charge in [0.1, 0.15) is 30.0 Å². The molecule has 1 atom stereocenters. The summed E-state index contributed by atoms with van der Waals surface area (Å²) in [5.41, 5.74) is 2.56. The van der Waals surface area contributed by atoms with Crippen LogP contribution in [0, 0.1) is 12.7 Å². The highest BCUT2D eigenvalue weighted by Gasteiger charge is 2.25. The smallest absolute Gasteiger partial charge is 0.307 e. The SMILES string of the molecule is Cc1cc(OC[C@@H]2CN(C)c3ccc(F)cc3O2)c(Cl)cc1C(=O)Nc1ccc(Cl)c(CC(=O)O)c1. The second-order valence-corrected chi connectivity index (χ2v) is 9.29. The number of aliphatic carboxylic acids is 1. The van der Waals surface area contributed by atoms with Gasteiger partial charge >= 0.3 is 5.97 Å². The Morgan fingerprint density at radius 3 is 2.69 bits per heavy atom. The van der Waals surface area contributed by atoms with E-state index >= 15 is 0 Å². The Hall–Kier alpha value is -3.49. The van der Waals surface area contributed by atoms with Gasteiger partial charge in [-0.3, -0.25) is 9.59 Å². The number of likely N-dealkylation sites (N-methyl/N-ethyl adjacent to an activating group) is 1. The van der Waals surface area contributed by atoms with E-state index in [4.69, 9.17) is 37.8 Å². The zero-order chi connectivity index (χ0) is 26.0. The van der Waals surface area contributed by atoms with E-state index in [2.05, 4.69) is 5.32 Å². The van der Waals surface area contributed by atoms with Crippen LogP contribution in [0.1, 0.15) is 21.5 Å². The number of carbonyl (C=O) groups is 2. The Morgan fingerprint density at radius 1 is 1.17 bits per heavy atom. The van der Waals surface area contributed by atoms with Crippen LogP contribution in [0.15, 0.2) is 48.5 Å². The van der Waals surface area contributed by atoms with E-state index in [1.54, 1.807) is 25.1 Å². The first-order valence-corrected chi connectivity index (χ1v) is 11.8. The molecule has 0 spiro atoms. The molecule has 0 unspecified atom stereocenters. The van der Waals surface area contributed by atoms with E-state index in [-0.39, 0.29) is 30.0 Å². The molecule has 1 heterocycles. The highest BCUT2D eigenvalue weighted by atomic mass is 35.5. The van der Waals surface area contributed by atoms with E-state index in [0.29, 0.717) is 45.4 Å². The van der Waals surface area contributed by atoms with E-state index < -0.39 is 11.9 Å². The minimum atomic E-state index is -1.03. The van der Waals surface area contributed by atoms with Gasteiger partial charge in [0.25, 0.3) is 5.91 Å². The number of benzene rings is 3. The first-order chi connectivity index (χ1) is 17.1. The molecule has 36 heavy (non-hydrogen) atoms. The number of fused-ring (bicyclic) bond motifs is 1. The van der Waals surface area contributed by atoms with Gasteiger partial charge in [-0.15, -0.1) is 0 Å². The molecule has 7 nitrogen and oxygen atoms in total. The van der Waals surface area contributed by atoms with Gasteiger partial charge in [0.15, 0.2) is 0 Å². The number of hydrogen-bond donors (Lipinski definition) is 2. The molecule has 4 rings (SSSR count). The second-order valence-electron chi connectivity index (χ2n) is 8.47. The average molecular weight is 533 g/mol. The predicted molar refractivity (Wildman–Crippen MR) is 137 cm³/mol. The molecule has 0 bridgehead atoms. The summed E-state index contributed by atoms with van der Waals surface area (Å²) in [5, 5.41) is 12.3. The zero-order valence-electron chi connectivity index (χ0n) is 19.5. The van der Waals surface area contributed by atoms with Gasteiger partial charge < -0.3 is 24.8 Å². The van der Waals surface area contributed by atoms with Crippen molar-refractivity contribution < 1.29 is 28.6 Å². The van der Waals surface area contributed by atoms with Crippen molar-refractivity contribution in [2.75, 3.05) is 30.4 Å². The van der Waals surface area contributed by atoms with Crippen LogP contribution in [0.3, 0.4) is 0 Å². The van der Waals surface area contributed by atoms with Gasteiger partial charge in [-0.1, -0.05) is 23.2 Å². The molecule has 0 fully saturated rings. The van der Waals surface area contributed by atoms with Gasteiger partial charge in [0, 0.05) is 29.4 Å². The number of nitrogens with one attached hydrogen (secondary N) is 1. The summed E-state index contributed by atoms with van der Waals surface area (Å²) in [6, 6.07) is 12.2. The molecule has 0 aliphatic carbocycles. The van der Waals surface area contributed by atoms with Crippen LogP contribution in [0.25, 0.3) is 0 Å². The van der Waals surface area contributed by atoms with Gasteiger partial charge in [-0.05, 0) is 60.5 Å². The molecule has 2 N–H and O–H groups in total. The Balaban J connectivity index is 1.44. The van der Waals surface area contributed by atoms with Crippen LogP contribution in [-0.2, 0) is 11.2 Å². The fourth-order valence-electron chi connectivity index (χ4n) is 3.95.